The highest BCUT2D eigenvalue weighted by Gasteiger charge is 2.04. The SMILES string of the molecule is CC(C)N=C(NN)Nc1cc(Br)ccc1Cl. The monoisotopic (exact) mass is 304 g/mol. The van der Waals surface area contributed by atoms with E-state index in [2.05, 4.69) is 31.7 Å². The Kier molecular flexibility index (Phi) is 5.05. The fourth-order valence-electron chi connectivity index (χ4n) is 1.08. The van der Waals surface area contributed by atoms with Gasteiger partial charge in [0.05, 0.1) is 10.7 Å². The molecule has 0 unspecified atom stereocenters. The molecule has 0 aromatic heterocycles. The van der Waals surface area contributed by atoms with Crippen LogP contribution in [0.4, 0.5) is 5.69 Å². The number of nitrogens with one attached hydrogen (secondary N) is 2. The molecule has 4 nitrogen and oxygen atoms in total. The summed E-state index contributed by atoms with van der Waals surface area (Å²) in [5, 5.41) is 3.63. The van der Waals surface area contributed by atoms with Crippen molar-refractivity contribution in [3.05, 3.63) is 27.7 Å². The number of guanidine groups is 1. The summed E-state index contributed by atoms with van der Waals surface area (Å²) in [5.41, 5.74) is 3.24. The third kappa shape index (κ3) is 4.00. The Bertz CT molecular complexity index is 392. The van der Waals surface area contributed by atoms with Gasteiger partial charge in [-0.25, -0.2) is 10.8 Å². The number of hydrogen-bond donors (Lipinski definition) is 3. The van der Waals surface area contributed by atoms with Crippen molar-refractivity contribution in [1.82, 2.24) is 5.43 Å². The van der Waals surface area contributed by atoms with E-state index in [1.807, 2.05) is 26.0 Å². The second-order valence-corrected chi connectivity index (χ2v) is 4.79. The molecule has 0 amide bonds. The Morgan fingerprint density at radius 2 is 2.19 bits per heavy atom. The number of nitrogens with zero attached hydrogens (tertiary/aromatic N) is 1. The van der Waals surface area contributed by atoms with Crippen molar-refractivity contribution >= 4 is 39.2 Å². The fourth-order valence-corrected chi connectivity index (χ4v) is 1.61. The predicted molar refractivity (Wildman–Crippen MR) is 72.7 cm³/mol. The molecule has 16 heavy (non-hydrogen) atoms. The second kappa shape index (κ2) is 6.08. The first-order chi connectivity index (χ1) is 7.52. The lowest BCUT2D eigenvalue weighted by molar-refractivity contribution is 0.819. The van der Waals surface area contributed by atoms with E-state index in [4.69, 9.17) is 17.4 Å². The molecule has 0 radical (unpaired) electrons. The Labute approximate surface area is 108 Å². The van der Waals surface area contributed by atoms with Crippen molar-refractivity contribution in [1.29, 1.82) is 0 Å². The maximum atomic E-state index is 6.03. The van der Waals surface area contributed by atoms with Gasteiger partial charge in [-0.2, -0.15) is 0 Å². The van der Waals surface area contributed by atoms with Crippen LogP contribution in [0, 0.1) is 0 Å². The average molecular weight is 306 g/mol. The maximum absolute atomic E-state index is 6.03. The van der Waals surface area contributed by atoms with Crippen molar-refractivity contribution in [3.8, 4) is 0 Å². The van der Waals surface area contributed by atoms with Crippen molar-refractivity contribution in [2.75, 3.05) is 5.32 Å². The highest BCUT2D eigenvalue weighted by molar-refractivity contribution is 9.10. The molecule has 4 N–H and O–H groups in total. The van der Waals surface area contributed by atoms with Gasteiger partial charge in [0.15, 0.2) is 0 Å². The zero-order chi connectivity index (χ0) is 12.1. The summed E-state index contributed by atoms with van der Waals surface area (Å²) in [6, 6.07) is 5.65. The van der Waals surface area contributed by atoms with Gasteiger partial charge in [-0.15, -0.1) is 0 Å². The molecule has 0 saturated carbocycles. The number of aliphatic imine (C=N–C) groups is 1. The van der Waals surface area contributed by atoms with Crippen molar-refractivity contribution < 1.29 is 0 Å². The van der Waals surface area contributed by atoms with E-state index in [1.165, 1.54) is 0 Å². The van der Waals surface area contributed by atoms with Gasteiger partial charge < -0.3 is 5.32 Å². The van der Waals surface area contributed by atoms with Crippen LogP contribution in [0.5, 0.6) is 0 Å². The first kappa shape index (κ1) is 13.3. The van der Waals surface area contributed by atoms with Gasteiger partial charge in [0.2, 0.25) is 5.96 Å². The molecule has 0 spiro atoms. The largest absolute Gasteiger partial charge is 0.324 e. The number of halogens is 2. The minimum absolute atomic E-state index is 0.143. The van der Waals surface area contributed by atoms with Crippen LogP contribution < -0.4 is 16.6 Å². The average Bonchev–Trinajstić information content (AvgIpc) is 2.21. The molecule has 1 aromatic carbocycles. The van der Waals surface area contributed by atoms with E-state index < -0.39 is 0 Å². The number of hydrogen-bond acceptors (Lipinski definition) is 2. The molecule has 88 valence electrons. The predicted octanol–water partition coefficient (Wildman–Crippen LogP) is 2.74. The lowest BCUT2D eigenvalue weighted by atomic mass is 10.3. The van der Waals surface area contributed by atoms with E-state index in [-0.39, 0.29) is 6.04 Å². The first-order valence-electron chi connectivity index (χ1n) is 4.79. The molecular weight excluding hydrogens is 291 g/mol. The maximum Gasteiger partial charge on any atom is 0.210 e. The highest BCUT2D eigenvalue weighted by atomic mass is 79.9. The molecule has 0 aliphatic heterocycles. The summed E-state index contributed by atoms with van der Waals surface area (Å²) in [6.07, 6.45) is 0. The van der Waals surface area contributed by atoms with Gasteiger partial charge in [0.25, 0.3) is 0 Å². The third-order valence-corrected chi connectivity index (χ3v) is 2.53. The third-order valence-electron chi connectivity index (χ3n) is 1.71. The van der Waals surface area contributed by atoms with Crippen LogP contribution in [0.3, 0.4) is 0 Å². The highest BCUT2D eigenvalue weighted by Crippen LogP contribution is 2.25. The molecule has 0 heterocycles. The van der Waals surface area contributed by atoms with E-state index >= 15 is 0 Å². The van der Waals surface area contributed by atoms with Gasteiger partial charge >= 0.3 is 0 Å². The first-order valence-corrected chi connectivity index (χ1v) is 5.96. The van der Waals surface area contributed by atoms with Crippen molar-refractivity contribution in [2.24, 2.45) is 10.8 Å². The Balaban J connectivity index is 2.90. The number of nitrogens with two attached hydrogens (primary N) is 1. The van der Waals surface area contributed by atoms with Crippen LogP contribution in [0.1, 0.15) is 13.8 Å². The zero-order valence-corrected chi connectivity index (χ0v) is 11.4. The molecule has 1 aromatic rings. The molecule has 0 aliphatic rings. The van der Waals surface area contributed by atoms with Crippen molar-refractivity contribution in [2.45, 2.75) is 19.9 Å². The summed E-state index contributed by atoms with van der Waals surface area (Å²) in [5.74, 6) is 5.84. The summed E-state index contributed by atoms with van der Waals surface area (Å²) < 4.78 is 0.931. The molecule has 0 saturated heterocycles. The summed E-state index contributed by atoms with van der Waals surface area (Å²) in [6.45, 7) is 3.92. The Morgan fingerprint density at radius 1 is 1.50 bits per heavy atom. The van der Waals surface area contributed by atoms with Gasteiger partial charge in [-0.1, -0.05) is 27.5 Å². The molecule has 0 bridgehead atoms. The van der Waals surface area contributed by atoms with E-state index in [0.717, 1.165) is 10.2 Å². The van der Waals surface area contributed by atoms with E-state index in [9.17, 15) is 0 Å². The molecule has 0 aliphatic carbocycles. The number of anilines is 1. The normalized spacial score (nSPS) is 11.8. The standard InChI is InChI=1S/C10H14BrClN4/c1-6(2)14-10(16-13)15-9-5-7(11)3-4-8(9)12/h3-6H,13H2,1-2H3,(H2,14,15,16). The Hall–Kier alpha value is -0.780. The summed E-state index contributed by atoms with van der Waals surface area (Å²) in [4.78, 5) is 4.26. The van der Waals surface area contributed by atoms with Crippen LogP contribution in [-0.4, -0.2) is 12.0 Å². The van der Waals surface area contributed by atoms with E-state index in [1.54, 1.807) is 6.07 Å². The quantitative estimate of drug-likeness (QED) is 0.341. The number of benzene rings is 1. The van der Waals surface area contributed by atoms with Gasteiger partial charge in [0.1, 0.15) is 0 Å². The zero-order valence-electron chi connectivity index (χ0n) is 9.09. The summed E-state index contributed by atoms with van der Waals surface area (Å²) in [7, 11) is 0. The van der Waals surface area contributed by atoms with Crippen LogP contribution in [-0.2, 0) is 0 Å². The second-order valence-electron chi connectivity index (χ2n) is 3.46. The van der Waals surface area contributed by atoms with Crippen LogP contribution >= 0.6 is 27.5 Å². The van der Waals surface area contributed by atoms with Crippen molar-refractivity contribution in [3.63, 3.8) is 0 Å². The number of hydrazine groups is 1. The van der Waals surface area contributed by atoms with E-state index in [0.29, 0.717) is 11.0 Å². The van der Waals surface area contributed by atoms with Gasteiger partial charge in [-0.3, -0.25) is 5.43 Å². The Morgan fingerprint density at radius 3 is 2.75 bits per heavy atom. The fraction of sp³-hybridized carbons (Fsp3) is 0.300. The van der Waals surface area contributed by atoms with Gasteiger partial charge in [0, 0.05) is 10.5 Å². The lowest BCUT2D eigenvalue weighted by Gasteiger charge is -2.12. The summed E-state index contributed by atoms with van der Waals surface area (Å²) >= 11 is 9.40. The topological polar surface area (TPSA) is 62.4 Å². The molecule has 0 fully saturated rings. The number of rotatable bonds is 2. The van der Waals surface area contributed by atoms with Crippen LogP contribution in [0.25, 0.3) is 0 Å². The minimum atomic E-state index is 0.143. The smallest absolute Gasteiger partial charge is 0.210 e. The molecule has 6 heteroatoms. The molecule has 0 atom stereocenters. The molecule has 1 rings (SSSR count). The van der Waals surface area contributed by atoms with Crippen LogP contribution in [0.15, 0.2) is 27.7 Å². The van der Waals surface area contributed by atoms with Gasteiger partial charge in [-0.05, 0) is 32.0 Å². The molecular formula is C10H14BrClN4. The van der Waals surface area contributed by atoms with Crippen LogP contribution in [0.2, 0.25) is 5.02 Å². The minimum Gasteiger partial charge on any atom is -0.324 e. The lowest BCUT2D eigenvalue weighted by Crippen LogP contribution is -2.37.